The third kappa shape index (κ3) is 4.27. The Bertz CT molecular complexity index is 1490. The Labute approximate surface area is 218 Å². The van der Waals surface area contributed by atoms with Crippen molar-refractivity contribution in [2.24, 2.45) is 0 Å². The Hall–Kier alpha value is -3.96. The Morgan fingerprint density at radius 3 is 2.63 bits per heavy atom. The van der Waals surface area contributed by atoms with E-state index in [1.807, 2.05) is 28.9 Å². The van der Waals surface area contributed by atoms with Gasteiger partial charge in [-0.25, -0.2) is 4.68 Å². The molecular weight excluding hydrogens is 486 g/mol. The summed E-state index contributed by atoms with van der Waals surface area (Å²) in [7, 11) is 0. The zero-order valence-electron chi connectivity index (χ0n) is 21.0. The lowest BCUT2D eigenvalue weighted by Gasteiger charge is -2.39. The van der Waals surface area contributed by atoms with Crippen molar-refractivity contribution in [2.75, 3.05) is 44.5 Å². The normalized spacial score (nSPS) is 20.3. The summed E-state index contributed by atoms with van der Waals surface area (Å²) >= 11 is 0. The summed E-state index contributed by atoms with van der Waals surface area (Å²) in [6.45, 7) is 4.67. The summed E-state index contributed by atoms with van der Waals surface area (Å²) in [6.07, 6.45) is 2.08. The van der Waals surface area contributed by atoms with Gasteiger partial charge in [0.15, 0.2) is 17.3 Å². The predicted octanol–water partition coefficient (Wildman–Crippen LogP) is 2.33. The second kappa shape index (κ2) is 9.73. The van der Waals surface area contributed by atoms with Crippen LogP contribution >= 0.6 is 0 Å². The first-order chi connectivity index (χ1) is 18.7. The van der Waals surface area contributed by atoms with Crippen molar-refractivity contribution in [3.63, 3.8) is 0 Å². The second-order valence-corrected chi connectivity index (χ2v) is 9.96. The molecule has 0 spiro atoms. The fraction of sp³-hybridized carbons (Fsp3) is 0.407. The van der Waals surface area contributed by atoms with E-state index in [2.05, 4.69) is 54.6 Å². The highest BCUT2D eigenvalue weighted by Gasteiger charge is 2.34. The smallest absolute Gasteiger partial charge is 0.253 e. The number of hydrogen-bond donors (Lipinski definition) is 1. The Morgan fingerprint density at radius 2 is 1.84 bits per heavy atom. The second-order valence-electron chi connectivity index (χ2n) is 9.96. The Morgan fingerprint density at radius 1 is 1.03 bits per heavy atom. The molecule has 0 unspecified atom stereocenters. The lowest BCUT2D eigenvalue weighted by molar-refractivity contribution is 0.0906. The van der Waals surface area contributed by atoms with Crippen molar-refractivity contribution in [1.29, 1.82) is 0 Å². The van der Waals surface area contributed by atoms with Gasteiger partial charge in [-0.15, -0.1) is 5.10 Å². The van der Waals surface area contributed by atoms with Crippen LogP contribution in [0.2, 0.25) is 0 Å². The van der Waals surface area contributed by atoms with Crippen molar-refractivity contribution < 1.29 is 14.2 Å². The first kappa shape index (κ1) is 23.2. The van der Waals surface area contributed by atoms with Gasteiger partial charge in [-0.1, -0.05) is 18.2 Å². The molecule has 2 atom stereocenters. The van der Waals surface area contributed by atoms with Crippen LogP contribution in [-0.2, 0) is 11.3 Å². The minimum Gasteiger partial charge on any atom is -0.454 e. The molecule has 4 aromatic rings. The number of nitrogens with zero attached hydrogens (tertiary/aromatic N) is 6. The van der Waals surface area contributed by atoms with Crippen molar-refractivity contribution in [1.82, 2.24) is 30.1 Å². The number of anilines is 1. The van der Waals surface area contributed by atoms with E-state index < -0.39 is 6.04 Å². The molecule has 0 radical (unpaired) electrons. The topological polar surface area (TPSA) is 111 Å². The number of nitrogens with one attached hydrogen (secondary N) is 1. The number of hydrogen-bond acceptors (Lipinski definition) is 9. The zero-order chi connectivity index (χ0) is 25.5. The van der Waals surface area contributed by atoms with Crippen LogP contribution in [0.1, 0.15) is 30.3 Å². The first-order valence-electron chi connectivity index (χ1n) is 13.1. The number of rotatable bonds is 6. The van der Waals surface area contributed by atoms with Crippen molar-refractivity contribution in [2.45, 2.75) is 31.5 Å². The van der Waals surface area contributed by atoms with Crippen LogP contribution in [-0.4, -0.2) is 75.8 Å². The van der Waals surface area contributed by atoms with Crippen LogP contribution in [0, 0.1) is 0 Å². The molecule has 0 saturated carbocycles. The molecule has 0 bridgehead atoms. The summed E-state index contributed by atoms with van der Waals surface area (Å²) in [5.41, 5.74) is 2.34. The molecule has 2 saturated heterocycles. The fourth-order valence-corrected chi connectivity index (χ4v) is 5.71. The molecular formula is C27H29N7O4. The van der Waals surface area contributed by atoms with Crippen molar-refractivity contribution >= 4 is 16.6 Å². The molecule has 3 aliphatic rings. The van der Waals surface area contributed by atoms with Crippen LogP contribution in [0.15, 0.2) is 53.3 Å². The molecule has 11 nitrogen and oxygen atoms in total. The number of benzene rings is 2. The number of pyridine rings is 1. The summed E-state index contributed by atoms with van der Waals surface area (Å²) in [5, 5.41) is 13.7. The third-order valence-electron chi connectivity index (χ3n) is 7.67. The largest absolute Gasteiger partial charge is 0.454 e. The average molecular weight is 516 g/mol. The van der Waals surface area contributed by atoms with Crippen LogP contribution < -0.4 is 19.9 Å². The summed E-state index contributed by atoms with van der Waals surface area (Å²) in [5.74, 6) is 1.96. The van der Waals surface area contributed by atoms with Crippen molar-refractivity contribution in [3.8, 4) is 11.5 Å². The highest BCUT2D eigenvalue weighted by Crippen LogP contribution is 2.36. The molecule has 2 fully saturated rings. The van der Waals surface area contributed by atoms with Crippen LogP contribution in [0.5, 0.6) is 11.5 Å². The van der Waals surface area contributed by atoms with Gasteiger partial charge in [0.05, 0.1) is 18.2 Å². The zero-order valence-corrected chi connectivity index (χ0v) is 21.0. The van der Waals surface area contributed by atoms with Crippen molar-refractivity contribution in [3.05, 3.63) is 70.3 Å². The predicted molar refractivity (Wildman–Crippen MR) is 140 cm³/mol. The number of H-pyrrole nitrogens is 1. The van der Waals surface area contributed by atoms with E-state index in [0.29, 0.717) is 34.9 Å². The molecule has 5 heterocycles. The SMILES string of the molecule is O=c1[nH]c2cc3c(cc2cc1[C@@H](c1nnnn1C[C@@H]1CCCO1)N1CCN(c2ccccc2)CC1)OCO3. The third-order valence-corrected chi connectivity index (χ3v) is 7.67. The molecule has 38 heavy (non-hydrogen) atoms. The lowest BCUT2D eigenvalue weighted by atomic mass is 10.0. The van der Waals surface area contributed by atoms with E-state index >= 15 is 0 Å². The van der Waals surface area contributed by atoms with E-state index in [1.165, 1.54) is 5.69 Å². The summed E-state index contributed by atoms with van der Waals surface area (Å²) in [4.78, 5) is 21.3. The number of aromatic amines is 1. The van der Waals surface area contributed by atoms with Gasteiger partial charge >= 0.3 is 0 Å². The van der Waals surface area contributed by atoms with Gasteiger partial charge in [0.25, 0.3) is 5.56 Å². The van der Waals surface area contributed by atoms with E-state index in [1.54, 1.807) is 0 Å². The Balaban J connectivity index is 1.27. The number of ether oxygens (including phenoxy) is 3. The van der Waals surface area contributed by atoms with E-state index in [0.717, 1.165) is 51.0 Å². The highest BCUT2D eigenvalue weighted by molar-refractivity contribution is 5.83. The fourth-order valence-electron chi connectivity index (χ4n) is 5.71. The van der Waals surface area contributed by atoms with Gasteiger partial charge in [0.2, 0.25) is 6.79 Å². The van der Waals surface area contributed by atoms with Gasteiger partial charge in [0.1, 0.15) is 6.04 Å². The first-order valence-corrected chi connectivity index (χ1v) is 13.1. The number of piperazine rings is 1. The Kier molecular flexibility index (Phi) is 5.94. The summed E-state index contributed by atoms with van der Waals surface area (Å²) < 4.78 is 18.8. The molecule has 1 N–H and O–H groups in total. The average Bonchev–Trinajstić information content (AvgIpc) is 3.72. The highest BCUT2D eigenvalue weighted by atomic mass is 16.7. The minimum atomic E-state index is -0.414. The van der Waals surface area contributed by atoms with Gasteiger partial charge < -0.3 is 24.1 Å². The molecule has 2 aromatic heterocycles. The maximum atomic E-state index is 13.6. The van der Waals surface area contributed by atoms with Crippen LogP contribution in [0.25, 0.3) is 10.9 Å². The monoisotopic (exact) mass is 515 g/mol. The van der Waals surface area contributed by atoms with Gasteiger partial charge in [-0.3, -0.25) is 9.69 Å². The molecule has 3 aliphatic heterocycles. The molecule has 2 aromatic carbocycles. The van der Waals surface area contributed by atoms with E-state index in [-0.39, 0.29) is 18.5 Å². The van der Waals surface area contributed by atoms with Gasteiger partial charge in [-0.2, -0.15) is 0 Å². The minimum absolute atomic E-state index is 0.0717. The molecule has 0 aliphatic carbocycles. The van der Waals surface area contributed by atoms with E-state index in [4.69, 9.17) is 14.2 Å². The molecule has 11 heteroatoms. The van der Waals surface area contributed by atoms with Gasteiger partial charge in [-0.05, 0) is 47.5 Å². The van der Waals surface area contributed by atoms with Crippen LogP contribution in [0.4, 0.5) is 5.69 Å². The molecule has 0 amide bonds. The maximum Gasteiger partial charge on any atom is 0.253 e. The maximum absolute atomic E-state index is 13.6. The molecule has 7 rings (SSSR count). The summed E-state index contributed by atoms with van der Waals surface area (Å²) in [6, 6.07) is 15.7. The quantitative estimate of drug-likeness (QED) is 0.414. The standard InChI is InChI=1S/C27H29N7O4/c35-27-21(13-18-14-23-24(38-17-37-23)15-22(18)28-27)25(26-29-30-31-34(26)16-20-7-4-12-36-20)33-10-8-32(9-11-33)19-5-2-1-3-6-19/h1-3,5-6,13-15,20,25H,4,7-12,16-17H2,(H,28,35)/t20-,25-/m0/s1. The number of fused-ring (bicyclic) bond motifs is 2. The number of aromatic nitrogens is 5. The van der Waals surface area contributed by atoms with Gasteiger partial charge in [0, 0.05) is 55.5 Å². The van der Waals surface area contributed by atoms with Crippen LogP contribution in [0.3, 0.4) is 0 Å². The number of tetrazole rings is 1. The number of para-hydroxylation sites is 1. The van der Waals surface area contributed by atoms with E-state index in [9.17, 15) is 4.79 Å². The molecule has 196 valence electrons. The lowest BCUT2D eigenvalue weighted by Crippen LogP contribution is -2.49.